The van der Waals surface area contributed by atoms with Gasteiger partial charge in [0, 0.05) is 11.6 Å². The molecule has 22 heavy (non-hydrogen) atoms. The van der Waals surface area contributed by atoms with Crippen molar-refractivity contribution in [1.29, 1.82) is 0 Å². The predicted molar refractivity (Wildman–Crippen MR) is 89.4 cm³/mol. The topological polar surface area (TPSA) is 75.4 Å². The van der Waals surface area contributed by atoms with Gasteiger partial charge in [-0.2, -0.15) is 0 Å². The van der Waals surface area contributed by atoms with Crippen LogP contribution in [0.4, 0.5) is 0 Å². The number of nitrogens with two attached hydrogens (primary N) is 1. The van der Waals surface area contributed by atoms with Gasteiger partial charge in [-0.25, -0.2) is 4.90 Å². The molecule has 0 bridgehead atoms. The first-order valence-electron chi connectivity index (χ1n) is 6.95. The van der Waals surface area contributed by atoms with Crippen LogP contribution in [0.3, 0.4) is 0 Å². The van der Waals surface area contributed by atoms with Crippen LogP contribution in [0.25, 0.3) is 0 Å². The van der Waals surface area contributed by atoms with Crippen molar-refractivity contribution in [2.75, 3.05) is 0 Å². The highest BCUT2D eigenvalue weighted by Crippen LogP contribution is 2.24. The first-order chi connectivity index (χ1) is 10.3. The van der Waals surface area contributed by atoms with Crippen LogP contribution in [0.15, 0.2) is 24.3 Å². The van der Waals surface area contributed by atoms with Crippen molar-refractivity contribution in [2.24, 2.45) is 5.73 Å². The Bertz CT molecular complexity index is 620. The molecule has 1 aliphatic rings. The molecule has 2 rings (SSSR count). The van der Waals surface area contributed by atoms with E-state index in [9.17, 15) is 9.59 Å². The van der Waals surface area contributed by atoms with Crippen molar-refractivity contribution in [1.82, 2.24) is 10.2 Å². The molecule has 5 nitrogen and oxygen atoms in total. The average Bonchev–Trinajstić information content (AvgIpc) is 2.46. The fraction of sp³-hybridized carbons (Fsp3) is 0.400. The van der Waals surface area contributed by atoms with Gasteiger partial charge in [-0.3, -0.25) is 15.3 Å². The zero-order chi connectivity index (χ0) is 16.5. The summed E-state index contributed by atoms with van der Waals surface area (Å²) in [6.07, 6.45) is 0.443. The number of rotatable bonds is 4. The second kappa shape index (κ2) is 6.42. The normalized spacial score (nSPS) is 25.9. The van der Waals surface area contributed by atoms with Gasteiger partial charge in [0.05, 0.1) is 0 Å². The number of ketones is 1. The minimum Gasteiger partial charge on any atom is -0.321 e. The minimum absolute atomic E-state index is 0.0518. The lowest BCUT2D eigenvalue weighted by Gasteiger charge is -2.48. The fourth-order valence-electron chi connectivity index (χ4n) is 2.54. The SMILES string of the molecule is CCC1(N)NC(=O)C(=S)C(C(C)=O)N1Cc1ccc(Cl)cc1. The van der Waals surface area contributed by atoms with E-state index in [0.29, 0.717) is 18.0 Å². The number of nitrogens with one attached hydrogen (secondary N) is 1. The molecule has 0 aliphatic carbocycles. The predicted octanol–water partition coefficient (Wildman–Crippen LogP) is 1.62. The molecule has 2 unspecified atom stereocenters. The summed E-state index contributed by atoms with van der Waals surface area (Å²) in [5, 5.41) is 3.33. The van der Waals surface area contributed by atoms with Gasteiger partial charge in [0.1, 0.15) is 16.7 Å². The zero-order valence-electron chi connectivity index (χ0n) is 12.4. The number of hydrogen-bond donors (Lipinski definition) is 2. The maximum absolute atomic E-state index is 12.0. The molecular formula is C15H18ClN3O2S. The molecule has 1 aromatic rings. The molecule has 1 saturated heterocycles. The van der Waals surface area contributed by atoms with Gasteiger partial charge in [-0.15, -0.1) is 0 Å². The summed E-state index contributed by atoms with van der Waals surface area (Å²) in [4.78, 5) is 25.8. The maximum Gasteiger partial charge on any atom is 0.262 e. The third-order valence-corrected chi connectivity index (χ3v) is 4.48. The summed E-state index contributed by atoms with van der Waals surface area (Å²) >= 11 is 11.0. The summed E-state index contributed by atoms with van der Waals surface area (Å²) < 4.78 is 0. The van der Waals surface area contributed by atoms with Gasteiger partial charge in [-0.1, -0.05) is 42.9 Å². The van der Waals surface area contributed by atoms with Gasteiger partial charge >= 0.3 is 0 Å². The highest BCUT2D eigenvalue weighted by Gasteiger charge is 2.47. The van der Waals surface area contributed by atoms with Crippen LogP contribution in [0, 0.1) is 0 Å². The maximum atomic E-state index is 12.0. The molecule has 1 amide bonds. The van der Waals surface area contributed by atoms with E-state index in [-0.39, 0.29) is 10.6 Å². The number of thiocarbonyl (C=S) groups is 1. The Hall–Kier alpha value is -1.34. The number of benzene rings is 1. The molecular weight excluding hydrogens is 322 g/mol. The molecule has 118 valence electrons. The van der Waals surface area contributed by atoms with Crippen molar-refractivity contribution < 1.29 is 9.59 Å². The standard InChI is InChI=1S/C15H18ClN3O2S/c1-3-15(17)18-14(21)13(22)12(9(2)20)19(15)8-10-4-6-11(16)7-5-10/h4-7,12H,3,8,17H2,1-2H3,(H,18,21). The molecule has 1 heterocycles. The van der Waals surface area contributed by atoms with Crippen molar-refractivity contribution >= 4 is 40.4 Å². The summed E-state index contributed by atoms with van der Waals surface area (Å²) in [5.41, 5.74) is 7.25. The number of hydrogen-bond acceptors (Lipinski definition) is 5. The quantitative estimate of drug-likeness (QED) is 0.815. The molecule has 3 N–H and O–H groups in total. The summed E-state index contributed by atoms with van der Waals surface area (Å²) in [6, 6.07) is 6.45. The monoisotopic (exact) mass is 339 g/mol. The Labute approximate surface area is 139 Å². The van der Waals surface area contributed by atoms with Crippen LogP contribution in [-0.2, 0) is 16.1 Å². The van der Waals surface area contributed by atoms with Crippen molar-refractivity contribution in [2.45, 2.75) is 38.6 Å². The second-order valence-corrected chi connectivity index (χ2v) is 6.24. The fourth-order valence-corrected chi connectivity index (χ4v) is 3.01. The third-order valence-electron chi connectivity index (χ3n) is 3.82. The molecule has 1 aliphatic heterocycles. The Balaban J connectivity index is 2.40. The zero-order valence-corrected chi connectivity index (χ0v) is 14.0. The van der Waals surface area contributed by atoms with Crippen LogP contribution in [0.1, 0.15) is 25.8 Å². The van der Waals surface area contributed by atoms with Gasteiger partial charge in [0.25, 0.3) is 5.91 Å². The molecule has 7 heteroatoms. The van der Waals surface area contributed by atoms with Crippen LogP contribution in [0.2, 0.25) is 5.02 Å². The summed E-state index contributed by atoms with van der Waals surface area (Å²) in [6.45, 7) is 3.65. The molecule has 0 radical (unpaired) electrons. The number of halogens is 1. The highest BCUT2D eigenvalue weighted by molar-refractivity contribution is 7.82. The van der Waals surface area contributed by atoms with E-state index in [0.717, 1.165) is 5.56 Å². The first kappa shape index (κ1) is 17.0. The Kier molecular flexibility index (Phi) is 4.97. The number of Topliss-reactive ketones (excluding diaryl/α,β-unsaturated/α-hetero) is 1. The van der Waals surface area contributed by atoms with Crippen LogP contribution in [-0.4, -0.2) is 33.3 Å². The van der Waals surface area contributed by atoms with Gasteiger partial charge in [-0.05, 0) is 31.0 Å². The first-order valence-corrected chi connectivity index (χ1v) is 7.74. The van der Waals surface area contributed by atoms with E-state index < -0.39 is 17.7 Å². The lowest BCUT2D eigenvalue weighted by atomic mass is 9.98. The minimum atomic E-state index is -1.12. The van der Waals surface area contributed by atoms with Crippen molar-refractivity contribution in [3.63, 3.8) is 0 Å². The smallest absolute Gasteiger partial charge is 0.262 e. The van der Waals surface area contributed by atoms with E-state index in [4.69, 9.17) is 29.6 Å². The molecule has 0 spiro atoms. The van der Waals surface area contributed by atoms with Gasteiger partial charge in [0.15, 0.2) is 5.78 Å². The lowest BCUT2D eigenvalue weighted by molar-refractivity contribution is -0.132. The van der Waals surface area contributed by atoms with E-state index in [1.54, 1.807) is 17.0 Å². The lowest BCUT2D eigenvalue weighted by Crippen LogP contribution is -2.76. The van der Waals surface area contributed by atoms with Crippen molar-refractivity contribution in [3.8, 4) is 0 Å². The molecule has 0 aromatic heterocycles. The highest BCUT2D eigenvalue weighted by atomic mass is 35.5. The van der Waals surface area contributed by atoms with E-state index >= 15 is 0 Å². The average molecular weight is 340 g/mol. The molecule has 1 aromatic carbocycles. The Morgan fingerprint density at radius 2 is 2.05 bits per heavy atom. The Morgan fingerprint density at radius 1 is 1.45 bits per heavy atom. The summed E-state index contributed by atoms with van der Waals surface area (Å²) in [7, 11) is 0. The number of carbonyl (C=O) groups excluding carboxylic acids is 2. The van der Waals surface area contributed by atoms with Crippen LogP contribution >= 0.6 is 23.8 Å². The second-order valence-electron chi connectivity index (χ2n) is 5.36. The largest absolute Gasteiger partial charge is 0.321 e. The van der Waals surface area contributed by atoms with Gasteiger partial charge in [0.2, 0.25) is 0 Å². The van der Waals surface area contributed by atoms with E-state index in [2.05, 4.69) is 5.32 Å². The van der Waals surface area contributed by atoms with Crippen LogP contribution < -0.4 is 11.1 Å². The van der Waals surface area contributed by atoms with E-state index in [1.807, 2.05) is 19.1 Å². The van der Waals surface area contributed by atoms with E-state index in [1.165, 1.54) is 6.92 Å². The third kappa shape index (κ3) is 3.20. The molecule has 2 atom stereocenters. The molecule has 0 saturated carbocycles. The summed E-state index contributed by atoms with van der Waals surface area (Å²) in [5.74, 6) is -1.76. The number of carbonyl (C=O) groups is 2. The number of amides is 1. The molecule has 1 fully saturated rings. The Morgan fingerprint density at radius 3 is 2.55 bits per heavy atom. The number of nitrogens with zero attached hydrogens (tertiary/aromatic N) is 1. The van der Waals surface area contributed by atoms with Crippen molar-refractivity contribution in [3.05, 3.63) is 34.9 Å². The van der Waals surface area contributed by atoms with Gasteiger partial charge < -0.3 is 5.32 Å². The van der Waals surface area contributed by atoms with Crippen LogP contribution in [0.5, 0.6) is 0 Å².